The second kappa shape index (κ2) is 6.19. The van der Waals surface area contributed by atoms with Crippen molar-refractivity contribution in [3.63, 3.8) is 0 Å². The van der Waals surface area contributed by atoms with Crippen LogP contribution < -0.4 is 10.6 Å². The number of hydrogen-bond acceptors (Lipinski definition) is 2. The quantitative estimate of drug-likeness (QED) is 0.833. The van der Waals surface area contributed by atoms with Crippen LogP contribution in [0.15, 0.2) is 18.2 Å². The van der Waals surface area contributed by atoms with E-state index in [1.54, 1.807) is 6.07 Å². The van der Waals surface area contributed by atoms with E-state index in [0.717, 1.165) is 5.69 Å². The van der Waals surface area contributed by atoms with E-state index >= 15 is 0 Å². The van der Waals surface area contributed by atoms with Gasteiger partial charge in [-0.1, -0.05) is 31.7 Å². The third-order valence-corrected chi connectivity index (χ3v) is 4.05. The van der Waals surface area contributed by atoms with Crippen LogP contribution in [0.2, 0.25) is 0 Å². The van der Waals surface area contributed by atoms with Crippen molar-refractivity contribution in [1.29, 1.82) is 0 Å². The highest BCUT2D eigenvalue weighted by Gasteiger charge is 2.20. The highest BCUT2D eigenvalue weighted by atomic mass is 19.1. The number of nitrogens with two attached hydrogens (primary N) is 1. The zero-order valence-corrected chi connectivity index (χ0v) is 11.2. The average molecular weight is 250 g/mol. The van der Waals surface area contributed by atoms with Gasteiger partial charge in [-0.15, -0.1) is 0 Å². The van der Waals surface area contributed by atoms with Gasteiger partial charge in [0.15, 0.2) is 0 Å². The van der Waals surface area contributed by atoms with Crippen molar-refractivity contribution in [2.45, 2.75) is 51.1 Å². The summed E-state index contributed by atoms with van der Waals surface area (Å²) in [4.78, 5) is 2.23. The summed E-state index contributed by atoms with van der Waals surface area (Å²) in [5.74, 6) is -0.185. The van der Waals surface area contributed by atoms with E-state index in [-0.39, 0.29) is 12.4 Å². The molecule has 0 atom stereocenters. The predicted octanol–water partition coefficient (Wildman–Crippen LogP) is 3.44. The standard InChI is InChI=1S/C15H23FN2/c1-18(12-7-4-2-3-5-8-12)15-10-6-9-14(16)13(15)11-17/h6,9-10,12H,2-5,7-8,11,17H2,1H3. The number of benzene rings is 1. The Morgan fingerprint density at radius 2 is 1.89 bits per heavy atom. The van der Waals surface area contributed by atoms with E-state index in [1.807, 2.05) is 6.07 Å². The molecule has 1 saturated carbocycles. The lowest BCUT2D eigenvalue weighted by Gasteiger charge is -2.31. The van der Waals surface area contributed by atoms with Gasteiger partial charge in [-0.2, -0.15) is 0 Å². The Bertz CT molecular complexity index is 384. The normalized spacial score (nSPS) is 17.5. The second-order valence-corrected chi connectivity index (χ2v) is 5.20. The number of rotatable bonds is 3. The molecule has 0 aliphatic heterocycles. The molecule has 0 bridgehead atoms. The smallest absolute Gasteiger partial charge is 0.129 e. The van der Waals surface area contributed by atoms with E-state index in [0.29, 0.717) is 11.6 Å². The molecule has 2 nitrogen and oxygen atoms in total. The lowest BCUT2D eigenvalue weighted by molar-refractivity contribution is 0.547. The Morgan fingerprint density at radius 1 is 1.22 bits per heavy atom. The second-order valence-electron chi connectivity index (χ2n) is 5.20. The predicted molar refractivity (Wildman–Crippen MR) is 74.2 cm³/mol. The molecular formula is C15H23FN2. The van der Waals surface area contributed by atoms with Crippen LogP contribution in [-0.4, -0.2) is 13.1 Å². The highest BCUT2D eigenvalue weighted by Crippen LogP contribution is 2.28. The minimum atomic E-state index is -0.185. The molecule has 0 amide bonds. The fourth-order valence-electron chi connectivity index (χ4n) is 2.92. The van der Waals surface area contributed by atoms with Gasteiger partial charge in [-0.05, 0) is 25.0 Å². The average Bonchev–Trinajstić information content (AvgIpc) is 2.66. The van der Waals surface area contributed by atoms with Gasteiger partial charge in [0.25, 0.3) is 0 Å². The minimum Gasteiger partial charge on any atom is -0.371 e. The van der Waals surface area contributed by atoms with Gasteiger partial charge < -0.3 is 10.6 Å². The molecule has 2 N–H and O–H groups in total. The lowest BCUT2D eigenvalue weighted by atomic mass is 10.0. The van der Waals surface area contributed by atoms with Crippen LogP contribution in [0, 0.1) is 5.82 Å². The number of nitrogens with zero attached hydrogens (tertiary/aromatic N) is 1. The monoisotopic (exact) mass is 250 g/mol. The molecular weight excluding hydrogens is 227 g/mol. The molecule has 0 spiro atoms. The van der Waals surface area contributed by atoms with Crippen LogP contribution >= 0.6 is 0 Å². The summed E-state index contributed by atoms with van der Waals surface area (Å²) >= 11 is 0. The van der Waals surface area contributed by atoms with Gasteiger partial charge in [0.05, 0.1) is 0 Å². The zero-order valence-electron chi connectivity index (χ0n) is 11.2. The molecule has 3 heteroatoms. The van der Waals surface area contributed by atoms with Crippen LogP contribution in [0.4, 0.5) is 10.1 Å². The first kappa shape index (κ1) is 13.3. The third kappa shape index (κ3) is 2.83. The molecule has 1 aliphatic carbocycles. The summed E-state index contributed by atoms with van der Waals surface area (Å²) < 4.78 is 13.8. The van der Waals surface area contributed by atoms with Crippen molar-refractivity contribution in [2.24, 2.45) is 5.73 Å². The maximum Gasteiger partial charge on any atom is 0.129 e. The van der Waals surface area contributed by atoms with Gasteiger partial charge >= 0.3 is 0 Å². The molecule has 1 fully saturated rings. The molecule has 0 radical (unpaired) electrons. The van der Waals surface area contributed by atoms with Gasteiger partial charge in [0.1, 0.15) is 5.82 Å². The Kier molecular flexibility index (Phi) is 4.59. The van der Waals surface area contributed by atoms with Crippen LogP contribution in [0.1, 0.15) is 44.1 Å². The summed E-state index contributed by atoms with van der Waals surface area (Å²) in [5.41, 5.74) is 7.29. The summed E-state index contributed by atoms with van der Waals surface area (Å²) in [6, 6.07) is 5.78. The molecule has 1 aromatic carbocycles. The van der Waals surface area contributed by atoms with Crippen molar-refractivity contribution in [3.05, 3.63) is 29.6 Å². The SMILES string of the molecule is CN(c1cccc(F)c1CN)C1CCCCCC1. The Balaban J connectivity index is 2.21. The van der Waals surface area contributed by atoms with Crippen LogP contribution in [0.3, 0.4) is 0 Å². The fraction of sp³-hybridized carbons (Fsp3) is 0.600. The molecule has 18 heavy (non-hydrogen) atoms. The molecule has 1 aromatic rings. The van der Waals surface area contributed by atoms with E-state index in [9.17, 15) is 4.39 Å². The van der Waals surface area contributed by atoms with E-state index < -0.39 is 0 Å². The van der Waals surface area contributed by atoms with Crippen molar-refractivity contribution in [1.82, 2.24) is 0 Å². The van der Waals surface area contributed by atoms with Crippen molar-refractivity contribution >= 4 is 5.69 Å². The Hall–Kier alpha value is -1.09. The third-order valence-electron chi connectivity index (χ3n) is 4.05. The molecule has 2 rings (SSSR count). The Labute approximate surface area is 109 Å². The van der Waals surface area contributed by atoms with Gasteiger partial charge in [0.2, 0.25) is 0 Å². The summed E-state index contributed by atoms with van der Waals surface area (Å²) in [6.45, 7) is 0.263. The number of hydrogen-bond donors (Lipinski definition) is 1. The molecule has 0 aromatic heterocycles. The maximum atomic E-state index is 13.8. The summed E-state index contributed by atoms with van der Waals surface area (Å²) in [6.07, 6.45) is 7.63. The molecule has 1 aliphatic rings. The summed E-state index contributed by atoms with van der Waals surface area (Å²) in [5, 5.41) is 0. The van der Waals surface area contributed by atoms with Gasteiger partial charge in [-0.25, -0.2) is 4.39 Å². The lowest BCUT2D eigenvalue weighted by Crippen LogP contribution is -2.32. The first-order valence-electron chi connectivity index (χ1n) is 6.94. The molecule has 0 heterocycles. The topological polar surface area (TPSA) is 29.3 Å². The minimum absolute atomic E-state index is 0.185. The summed E-state index contributed by atoms with van der Waals surface area (Å²) in [7, 11) is 2.07. The fourth-order valence-corrected chi connectivity index (χ4v) is 2.92. The Morgan fingerprint density at radius 3 is 2.50 bits per heavy atom. The van der Waals surface area contributed by atoms with Gasteiger partial charge in [0, 0.05) is 30.9 Å². The van der Waals surface area contributed by atoms with Crippen molar-refractivity contribution in [2.75, 3.05) is 11.9 Å². The first-order chi connectivity index (χ1) is 8.74. The first-order valence-corrected chi connectivity index (χ1v) is 6.94. The van der Waals surface area contributed by atoms with E-state index in [1.165, 1.54) is 44.6 Å². The largest absolute Gasteiger partial charge is 0.371 e. The number of anilines is 1. The maximum absolute atomic E-state index is 13.8. The number of halogens is 1. The van der Waals surface area contributed by atoms with Crippen LogP contribution in [0.5, 0.6) is 0 Å². The van der Waals surface area contributed by atoms with E-state index in [4.69, 9.17) is 5.73 Å². The molecule has 0 unspecified atom stereocenters. The molecule has 0 saturated heterocycles. The highest BCUT2D eigenvalue weighted by molar-refractivity contribution is 5.54. The molecule has 100 valence electrons. The van der Waals surface area contributed by atoms with Gasteiger partial charge in [-0.3, -0.25) is 0 Å². The van der Waals surface area contributed by atoms with Crippen LogP contribution in [-0.2, 0) is 6.54 Å². The van der Waals surface area contributed by atoms with E-state index in [2.05, 4.69) is 11.9 Å². The van der Waals surface area contributed by atoms with Crippen molar-refractivity contribution < 1.29 is 4.39 Å². The van der Waals surface area contributed by atoms with Crippen molar-refractivity contribution in [3.8, 4) is 0 Å². The zero-order chi connectivity index (χ0) is 13.0. The van der Waals surface area contributed by atoms with Crippen LogP contribution in [0.25, 0.3) is 0 Å².